The van der Waals surface area contributed by atoms with Gasteiger partial charge in [0.25, 0.3) is 0 Å². The summed E-state index contributed by atoms with van der Waals surface area (Å²) in [6.45, 7) is 4.09. The molecular weight excluding hydrogens is 368 g/mol. The fraction of sp³-hybridized carbons (Fsp3) is 0.200. The first-order chi connectivity index (χ1) is 13.1. The molecule has 1 heterocycles. The zero-order chi connectivity index (χ0) is 19.2. The van der Waals surface area contributed by atoms with Gasteiger partial charge in [-0.25, -0.2) is 4.79 Å². The van der Waals surface area contributed by atoms with E-state index in [-0.39, 0.29) is 18.9 Å². The Kier molecular flexibility index (Phi) is 5.98. The van der Waals surface area contributed by atoms with E-state index in [2.05, 4.69) is 17.2 Å². The molecule has 2 N–H and O–H groups in total. The van der Waals surface area contributed by atoms with Crippen molar-refractivity contribution in [1.29, 1.82) is 0 Å². The van der Waals surface area contributed by atoms with Gasteiger partial charge in [-0.3, -0.25) is 4.79 Å². The van der Waals surface area contributed by atoms with Crippen molar-refractivity contribution in [1.82, 2.24) is 10.6 Å². The van der Waals surface area contributed by atoms with Gasteiger partial charge in [-0.1, -0.05) is 54.6 Å². The van der Waals surface area contributed by atoms with E-state index in [1.165, 1.54) is 0 Å². The number of rotatable bonds is 6. The first-order valence-electron chi connectivity index (χ1n) is 8.41. The van der Waals surface area contributed by atoms with Crippen molar-refractivity contribution >= 4 is 23.6 Å². The van der Waals surface area contributed by atoms with Crippen LogP contribution >= 0.6 is 11.6 Å². The van der Waals surface area contributed by atoms with E-state index in [9.17, 15) is 9.59 Å². The Morgan fingerprint density at radius 3 is 2.52 bits per heavy atom. The normalized spacial score (nSPS) is 19.0. The van der Waals surface area contributed by atoms with E-state index in [4.69, 9.17) is 21.1 Å². The lowest BCUT2D eigenvalue weighted by molar-refractivity contribution is -0.149. The van der Waals surface area contributed by atoms with Gasteiger partial charge in [0.2, 0.25) is 0 Å². The molecule has 2 atom stereocenters. The van der Waals surface area contributed by atoms with Gasteiger partial charge in [0, 0.05) is 10.7 Å². The molecule has 1 aliphatic heterocycles. The molecule has 0 unspecified atom stereocenters. The van der Waals surface area contributed by atoms with Crippen molar-refractivity contribution < 1.29 is 19.1 Å². The molecule has 0 aliphatic carbocycles. The number of benzene rings is 2. The molecule has 0 spiro atoms. The summed E-state index contributed by atoms with van der Waals surface area (Å²) in [7, 11) is 0. The lowest BCUT2D eigenvalue weighted by atomic mass is 9.89. The highest BCUT2D eigenvalue weighted by molar-refractivity contribution is 6.31. The van der Waals surface area contributed by atoms with E-state index < -0.39 is 24.0 Å². The van der Waals surface area contributed by atoms with Gasteiger partial charge in [-0.05, 0) is 23.8 Å². The third-order valence-corrected chi connectivity index (χ3v) is 4.45. The van der Waals surface area contributed by atoms with Gasteiger partial charge < -0.3 is 20.1 Å². The molecule has 27 heavy (non-hydrogen) atoms. The van der Waals surface area contributed by atoms with Crippen LogP contribution in [0.2, 0.25) is 5.02 Å². The molecule has 1 saturated heterocycles. The smallest absolute Gasteiger partial charge is 0.319 e. The minimum Gasteiger partial charge on any atom is -0.490 e. The number of hydrogen-bond donors (Lipinski definition) is 2. The zero-order valence-corrected chi connectivity index (χ0v) is 15.2. The fourth-order valence-corrected chi connectivity index (χ4v) is 3.11. The van der Waals surface area contributed by atoms with Gasteiger partial charge in [-0.2, -0.15) is 0 Å². The Morgan fingerprint density at radius 1 is 1.07 bits per heavy atom. The van der Waals surface area contributed by atoms with Crippen molar-refractivity contribution in [3.63, 3.8) is 0 Å². The molecule has 2 aromatic carbocycles. The fourth-order valence-electron chi connectivity index (χ4n) is 2.86. The van der Waals surface area contributed by atoms with Crippen LogP contribution in [0.5, 0.6) is 5.75 Å². The SMILES string of the molecule is C=C1NC(=O)N[C@H](c2ccccc2Cl)[C@@H]1C(=O)OCCOc1ccccc1. The Hall–Kier alpha value is -2.99. The maximum atomic E-state index is 12.6. The molecule has 1 fully saturated rings. The zero-order valence-electron chi connectivity index (χ0n) is 14.5. The van der Waals surface area contributed by atoms with Crippen LogP contribution < -0.4 is 15.4 Å². The van der Waals surface area contributed by atoms with Gasteiger partial charge in [-0.15, -0.1) is 0 Å². The van der Waals surface area contributed by atoms with Crippen LogP contribution in [0, 0.1) is 5.92 Å². The van der Waals surface area contributed by atoms with Crippen LogP contribution in [0.25, 0.3) is 0 Å². The van der Waals surface area contributed by atoms with Gasteiger partial charge >= 0.3 is 12.0 Å². The summed E-state index contributed by atoms with van der Waals surface area (Å²) >= 11 is 6.24. The van der Waals surface area contributed by atoms with E-state index in [0.717, 1.165) is 0 Å². The maximum absolute atomic E-state index is 12.6. The van der Waals surface area contributed by atoms with Crippen LogP contribution in [0.1, 0.15) is 11.6 Å². The largest absolute Gasteiger partial charge is 0.490 e. The molecule has 2 amide bonds. The highest BCUT2D eigenvalue weighted by Gasteiger charge is 2.39. The second kappa shape index (κ2) is 8.60. The van der Waals surface area contributed by atoms with Crippen molar-refractivity contribution in [3.8, 4) is 5.75 Å². The monoisotopic (exact) mass is 386 g/mol. The summed E-state index contributed by atoms with van der Waals surface area (Å²) in [4.78, 5) is 24.5. The van der Waals surface area contributed by atoms with E-state index >= 15 is 0 Å². The molecule has 3 rings (SSSR count). The number of para-hydroxylation sites is 1. The quantitative estimate of drug-likeness (QED) is 0.589. The minimum atomic E-state index is -0.806. The molecule has 2 aromatic rings. The highest BCUT2D eigenvalue weighted by Crippen LogP contribution is 2.34. The topological polar surface area (TPSA) is 76.7 Å². The standard InChI is InChI=1S/C20H19ClN2O4/c1-13-17(19(24)27-12-11-26-14-7-3-2-4-8-14)18(23-20(25)22-13)15-9-5-6-10-16(15)21/h2-10,17-18H,1,11-12H2,(H2,22,23,25)/t17-,18-/m1/s1. The Bertz CT molecular complexity index is 841. The second-order valence-corrected chi connectivity index (χ2v) is 6.34. The molecule has 0 saturated carbocycles. The molecule has 6 nitrogen and oxygen atoms in total. The lowest BCUT2D eigenvalue weighted by Gasteiger charge is -2.33. The van der Waals surface area contributed by atoms with E-state index in [0.29, 0.717) is 16.3 Å². The average Bonchev–Trinajstić information content (AvgIpc) is 2.65. The average molecular weight is 387 g/mol. The summed E-state index contributed by atoms with van der Waals surface area (Å²) in [6.07, 6.45) is 0. The predicted octanol–water partition coefficient (Wildman–Crippen LogP) is 3.45. The predicted molar refractivity (Wildman–Crippen MR) is 101 cm³/mol. The van der Waals surface area contributed by atoms with Gasteiger partial charge in [0.05, 0.1) is 6.04 Å². The number of carbonyl (C=O) groups excluding carboxylic acids is 2. The first-order valence-corrected chi connectivity index (χ1v) is 8.79. The molecule has 0 radical (unpaired) electrons. The molecule has 7 heteroatoms. The Labute approximate surface area is 162 Å². The number of halogens is 1. The lowest BCUT2D eigenvalue weighted by Crippen LogP contribution is -2.51. The third kappa shape index (κ3) is 4.60. The molecule has 1 aliphatic rings. The number of ether oxygens (including phenoxy) is 2. The summed E-state index contributed by atoms with van der Waals surface area (Å²) in [5, 5.41) is 5.70. The van der Waals surface area contributed by atoms with Crippen LogP contribution in [0.3, 0.4) is 0 Å². The summed E-state index contributed by atoms with van der Waals surface area (Å²) in [5.41, 5.74) is 0.885. The third-order valence-electron chi connectivity index (χ3n) is 4.10. The summed E-state index contributed by atoms with van der Waals surface area (Å²) in [6, 6.07) is 15.1. The number of nitrogens with one attached hydrogen (secondary N) is 2. The van der Waals surface area contributed by atoms with E-state index in [1.807, 2.05) is 30.3 Å². The van der Waals surface area contributed by atoms with Crippen LogP contribution in [0.15, 0.2) is 66.9 Å². The number of carbonyl (C=O) groups is 2. The molecule has 140 valence electrons. The summed E-state index contributed by atoms with van der Waals surface area (Å²) in [5.74, 6) is -0.632. The summed E-state index contributed by atoms with van der Waals surface area (Å²) < 4.78 is 10.9. The van der Waals surface area contributed by atoms with E-state index in [1.54, 1.807) is 24.3 Å². The minimum absolute atomic E-state index is 0.0701. The van der Waals surface area contributed by atoms with Crippen molar-refractivity contribution in [2.45, 2.75) is 6.04 Å². The van der Waals surface area contributed by atoms with Crippen LogP contribution in [-0.4, -0.2) is 25.2 Å². The number of amides is 2. The van der Waals surface area contributed by atoms with Crippen molar-refractivity contribution in [2.75, 3.05) is 13.2 Å². The Morgan fingerprint density at radius 2 is 1.78 bits per heavy atom. The molecular formula is C20H19ClN2O4. The van der Waals surface area contributed by atoms with Crippen molar-refractivity contribution in [2.24, 2.45) is 5.92 Å². The van der Waals surface area contributed by atoms with Crippen molar-refractivity contribution in [3.05, 3.63) is 77.5 Å². The van der Waals surface area contributed by atoms with Gasteiger partial charge in [0.15, 0.2) is 0 Å². The Balaban J connectivity index is 1.66. The molecule has 0 bridgehead atoms. The number of urea groups is 1. The van der Waals surface area contributed by atoms with Gasteiger partial charge in [0.1, 0.15) is 24.9 Å². The number of esters is 1. The second-order valence-electron chi connectivity index (χ2n) is 5.93. The number of hydrogen-bond acceptors (Lipinski definition) is 4. The highest BCUT2D eigenvalue weighted by atomic mass is 35.5. The van der Waals surface area contributed by atoms with Crippen LogP contribution in [0.4, 0.5) is 4.79 Å². The molecule has 0 aromatic heterocycles. The van der Waals surface area contributed by atoms with Crippen LogP contribution in [-0.2, 0) is 9.53 Å². The first kappa shape index (κ1) is 18.8. The maximum Gasteiger partial charge on any atom is 0.319 e.